The summed E-state index contributed by atoms with van der Waals surface area (Å²) in [5.41, 5.74) is 0. The maximum absolute atomic E-state index is 12.5. The Kier molecular flexibility index (Phi) is 33.1. The van der Waals surface area contributed by atoms with Gasteiger partial charge in [0.1, 0.15) is 6.61 Å². The highest BCUT2D eigenvalue weighted by molar-refractivity contribution is 5.72. The third-order valence-electron chi connectivity index (χ3n) is 8.48. The summed E-state index contributed by atoms with van der Waals surface area (Å²) in [6, 6.07) is 0. The van der Waals surface area contributed by atoms with Crippen molar-refractivity contribution in [3.63, 3.8) is 0 Å². The van der Waals surface area contributed by atoms with E-state index < -0.39 is 0 Å². The molecule has 3 nitrogen and oxygen atoms in total. The first-order valence-electron chi connectivity index (χ1n) is 18.0. The van der Waals surface area contributed by atoms with Gasteiger partial charge >= 0.3 is 5.97 Å². The number of aliphatic hydroxyl groups is 1. The first-order chi connectivity index (χ1) is 19.3. The van der Waals surface area contributed by atoms with Gasteiger partial charge in [0, 0.05) is 0 Å². The molecule has 0 atom stereocenters. The minimum Gasteiger partial charge on any atom is -0.463 e. The second-order valence-electron chi connectivity index (χ2n) is 12.4. The lowest BCUT2D eigenvalue weighted by Gasteiger charge is -2.16. The second kappa shape index (κ2) is 33.6. The van der Waals surface area contributed by atoms with Gasteiger partial charge in [-0.2, -0.15) is 0 Å². The molecule has 0 spiro atoms. The zero-order valence-electron chi connectivity index (χ0n) is 27.0. The van der Waals surface area contributed by atoms with Crippen molar-refractivity contribution in [3.05, 3.63) is 0 Å². The Bertz CT molecular complexity index is 432. The third kappa shape index (κ3) is 30.2. The smallest absolute Gasteiger partial charge is 0.309 e. The Morgan fingerprint density at radius 1 is 0.462 bits per heavy atom. The Morgan fingerprint density at radius 2 is 0.718 bits per heavy atom. The van der Waals surface area contributed by atoms with Crippen molar-refractivity contribution >= 4 is 5.97 Å². The molecule has 1 N–H and O–H groups in total. The molecule has 0 heterocycles. The lowest BCUT2D eigenvalue weighted by molar-refractivity contribution is -0.150. The molecular formula is C36H72O3. The molecule has 0 saturated heterocycles. The number of hydrogen-bond acceptors (Lipinski definition) is 3. The average molecular weight is 553 g/mol. The van der Waals surface area contributed by atoms with Crippen LogP contribution in [0.25, 0.3) is 0 Å². The van der Waals surface area contributed by atoms with E-state index in [1.807, 2.05) is 0 Å². The Morgan fingerprint density at radius 3 is 0.974 bits per heavy atom. The summed E-state index contributed by atoms with van der Waals surface area (Å²) in [5, 5.41) is 9.04. The van der Waals surface area contributed by atoms with Crippen LogP contribution < -0.4 is 0 Å². The summed E-state index contributed by atoms with van der Waals surface area (Å²) < 4.78 is 5.30. The van der Waals surface area contributed by atoms with Crippen LogP contribution in [0.2, 0.25) is 0 Å². The van der Waals surface area contributed by atoms with E-state index in [2.05, 4.69) is 13.8 Å². The summed E-state index contributed by atoms with van der Waals surface area (Å²) >= 11 is 0. The van der Waals surface area contributed by atoms with Gasteiger partial charge in [-0.3, -0.25) is 4.79 Å². The summed E-state index contributed by atoms with van der Waals surface area (Å²) in [7, 11) is 0. The van der Waals surface area contributed by atoms with Gasteiger partial charge in [0.05, 0.1) is 12.5 Å². The molecule has 39 heavy (non-hydrogen) atoms. The van der Waals surface area contributed by atoms with E-state index in [9.17, 15) is 4.79 Å². The topological polar surface area (TPSA) is 46.5 Å². The molecular weight excluding hydrogens is 480 g/mol. The van der Waals surface area contributed by atoms with Crippen molar-refractivity contribution in [1.29, 1.82) is 0 Å². The molecule has 0 aliphatic carbocycles. The number of aliphatic hydroxyl groups excluding tert-OH is 1. The number of rotatable bonds is 33. The van der Waals surface area contributed by atoms with Crippen LogP contribution in [-0.4, -0.2) is 24.3 Å². The van der Waals surface area contributed by atoms with E-state index in [1.54, 1.807) is 0 Å². The predicted octanol–water partition coefficient (Wildman–Crippen LogP) is 11.9. The molecule has 3 heteroatoms. The van der Waals surface area contributed by atoms with Gasteiger partial charge in [-0.25, -0.2) is 0 Å². The van der Waals surface area contributed by atoms with E-state index >= 15 is 0 Å². The van der Waals surface area contributed by atoms with Crippen LogP contribution in [0, 0.1) is 5.92 Å². The molecule has 0 saturated carbocycles. The number of carbonyl (C=O) groups excluding carboxylic acids is 1. The van der Waals surface area contributed by atoms with Gasteiger partial charge in [-0.15, -0.1) is 0 Å². The normalized spacial score (nSPS) is 11.5. The molecule has 0 amide bonds. The van der Waals surface area contributed by atoms with Crippen LogP contribution >= 0.6 is 0 Å². The van der Waals surface area contributed by atoms with Crippen molar-refractivity contribution in [3.8, 4) is 0 Å². The minimum atomic E-state index is -0.0755. The molecule has 0 bridgehead atoms. The van der Waals surface area contributed by atoms with E-state index in [0.717, 1.165) is 25.7 Å². The highest BCUT2D eigenvalue weighted by Crippen LogP contribution is 2.21. The molecule has 0 aliphatic heterocycles. The summed E-state index contributed by atoms with van der Waals surface area (Å²) in [6.45, 7) is 4.64. The number of unbranched alkanes of at least 4 members (excludes halogenated alkanes) is 26. The SMILES string of the molecule is CCCCCCCCCCCCCCCCC(CCCCCCCCCCCCCCCC)C(=O)OCCO. The molecule has 0 aromatic carbocycles. The van der Waals surface area contributed by atoms with Crippen LogP contribution in [0.5, 0.6) is 0 Å². The lowest BCUT2D eigenvalue weighted by Crippen LogP contribution is -2.19. The van der Waals surface area contributed by atoms with Crippen LogP contribution in [0.4, 0.5) is 0 Å². The van der Waals surface area contributed by atoms with Crippen LogP contribution in [0.3, 0.4) is 0 Å². The number of hydrogen-bond donors (Lipinski definition) is 1. The lowest BCUT2D eigenvalue weighted by atomic mass is 9.94. The van der Waals surface area contributed by atoms with Crippen molar-refractivity contribution in [1.82, 2.24) is 0 Å². The Hall–Kier alpha value is -0.570. The fraction of sp³-hybridized carbons (Fsp3) is 0.972. The first kappa shape index (κ1) is 38.4. The van der Waals surface area contributed by atoms with Crippen molar-refractivity contribution in [2.45, 2.75) is 206 Å². The van der Waals surface area contributed by atoms with Crippen LogP contribution in [-0.2, 0) is 9.53 Å². The molecule has 0 aliphatic rings. The van der Waals surface area contributed by atoms with Gasteiger partial charge in [0.25, 0.3) is 0 Å². The van der Waals surface area contributed by atoms with E-state index in [1.165, 1.54) is 167 Å². The Balaban J connectivity index is 3.70. The standard InChI is InChI=1S/C36H72O3/c1-3-5-7-9-11-13-15-17-19-21-23-25-27-29-31-35(36(38)39-34-33-37)32-30-28-26-24-22-20-18-16-14-12-10-8-6-4-2/h35,37H,3-34H2,1-2H3. The van der Waals surface area contributed by atoms with Gasteiger partial charge < -0.3 is 9.84 Å². The minimum absolute atomic E-state index is 0.0335. The molecule has 0 fully saturated rings. The van der Waals surface area contributed by atoms with E-state index in [-0.39, 0.29) is 25.1 Å². The van der Waals surface area contributed by atoms with Crippen LogP contribution in [0.15, 0.2) is 0 Å². The quantitative estimate of drug-likeness (QED) is 0.0650. The summed E-state index contributed by atoms with van der Waals surface area (Å²) in [5.74, 6) is -0.0420. The molecule has 234 valence electrons. The number of carbonyl (C=O) groups is 1. The monoisotopic (exact) mass is 553 g/mol. The molecule has 0 aromatic heterocycles. The van der Waals surface area contributed by atoms with Gasteiger partial charge in [0.15, 0.2) is 0 Å². The van der Waals surface area contributed by atoms with Gasteiger partial charge in [0.2, 0.25) is 0 Å². The highest BCUT2D eigenvalue weighted by atomic mass is 16.5. The summed E-state index contributed by atoms with van der Waals surface area (Å²) in [6.07, 6.45) is 40.1. The second-order valence-corrected chi connectivity index (χ2v) is 12.4. The largest absolute Gasteiger partial charge is 0.463 e. The van der Waals surface area contributed by atoms with Gasteiger partial charge in [-0.05, 0) is 12.8 Å². The first-order valence-corrected chi connectivity index (χ1v) is 18.0. The predicted molar refractivity (Wildman–Crippen MR) is 171 cm³/mol. The third-order valence-corrected chi connectivity index (χ3v) is 8.48. The highest BCUT2D eigenvalue weighted by Gasteiger charge is 2.19. The average Bonchev–Trinajstić information content (AvgIpc) is 2.95. The van der Waals surface area contributed by atoms with Crippen molar-refractivity contribution in [2.24, 2.45) is 5.92 Å². The number of ether oxygens (including phenoxy) is 1. The molecule has 0 unspecified atom stereocenters. The molecule has 0 radical (unpaired) electrons. The van der Waals surface area contributed by atoms with E-state index in [0.29, 0.717) is 0 Å². The Labute approximate surface area is 246 Å². The number of esters is 1. The van der Waals surface area contributed by atoms with Gasteiger partial charge in [-0.1, -0.05) is 194 Å². The maximum Gasteiger partial charge on any atom is 0.309 e. The summed E-state index contributed by atoms with van der Waals surface area (Å²) in [4.78, 5) is 12.5. The maximum atomic E-state index is 12.5. The van der Waals surface area contributed by atoms with Crippen LogP contribution in [0.1, 0.15) is 206 Å². The fourth-order valence-electron chi connectivity index (χ4n) is 5.81. The fourth-order valence-corrected chi connectivity index (χ4v) is 5.81. The molecule has 0 rings (SSSR count). The molecule has 0 aromatic rings. The van der Waals surface area contributed by atoms with Crippen molar-refractivity contribution in [2.75, 3.05) is 13.2 Å². The van der Waals surface area contributed by atoms with Crippen molar-refractivity contribution < 1.29 is 14.6 Å². The zero-order valence-corrected chi connectivity index (χ0v) is 27.0. The van der Waals surface area contributed by atoms with E-state index in [4.69, 9.17) is 9.84 Å². The zero-order chi connectivity index (χ0) is 28.5.